The van der Waals surface area contributed by atoms with Crippen LogP contribution in [0.4, 0.5) is 0 Å². The Morgan fingerprint density at radius 1 is 1.21 bits per heavy atom. The third-order valence-electron chi connectivity index (χ3n) is 3.49. The van der Waals surface area contributed by atoms with Crippen molar-refractivity contribution in [2.45, 2.75) is 25.9 Å². The van der Waals surface area contributed by atoms with Gasteiger partial charge in [-0.05, 0) is 53.4 Å². The molecule has 3 N–H and O–H groups in total. The molecule has 1 heterocycles. The molecule has 6 heteroatoms. The summed E-state index contributed by atoms with van der Waals surface area (Å²) in [5, 5.41) is 16.8. The van der Waals surface area contributed by atoms with Gasteiger partial charge in [-0.1, -0.05) is 30.3 Å². The number of aliphatic hydroxyl groups excluding tert-OH is 1. The summed E-state index contributed by atoms with van der Waals surface area (Å²) in [5.41, 5.74) is 0.939. The van der Waals surface area contributed by atoms with Gasteiger partial charge in [0, 0.05) is 24.5 Å². The van der Waals surface area contributed by atoms with Crippen LogP contribution in [0.5, 0.6) is 0 Å². The van der Waals surface area contributed by atoms with E-state index < -0.39 is 6.10 Å². The average molecular weight is 410 g/mol. The Kier molecular flexibility index (Phi) is 8.28. The number of guanidine groups is 1. The van der Waals surface area contributed by atoms with E-state index in [0.717, 1.165) is 34.8 Å². The summed E-state index contributed by atoms with van der Waals surface area (Å²) in [5.74, 6) is 0.799. The Labute approximate surface area is 156 Å². The number of nitrogens with one attached hydrogen (secondary N) is 2. The number of hydrogen-bond acceptors (Lipinski definition) is 3. The fourth-order valence-electron chi connectivity index (χ4n) is 2.27. The number of benzene rings is 1. The number of aliphatic imine (C=N–C) groups is 1. The number of thiophene rings is 1. The van der Waals surface area contributed by atoms with Gasteiger partial charge in [0.25, 0.3) is 0 Å². The third kappa shape index (κ3) is 6.63. The topological polar surface area (TPSA) is 56.7 Å². The van der Waals surface area contributed by atoms with Gasteiger partial charge in [-0.25, -0.2) is 0 Å². The van der Waals surface area contributed by atoms with Gasteiger partial charge in [0.1, 0.15) is 0 Å². The van der Waals surface area contributed by atoms with Crippen LogP contribution in [0.1, 0.15) is 29.9 Å². The number of halogens is 1. The van der Waals surface area contributed by atoms with E-state index in [4.69, 9.17) is 0 Å². The average Bonchev–Trinajstić information content (AvgIpc) is 3.01. The molecule has 2 rings (SSSR count). The molecule has 1 unspecified atom stereocenters. The highest BCUT2D eigenvalue weighted by molar-refractivity contribution is 9.11. The summed E-state index contributed by atoms with van der Waals surface area (Å²) in [6.07, 6.45) is 1.10. The van der Waals surface area contributed by atoms with Gasteiger partial charge in [-0.15, -0.1) is 11.3 Å². The molecule has 2 aromatic rings. The van der Waals surface area contributed by atoms with E-state index in [-0.39, 0.29) is 0 Å². The van der Waals surface area contributed by atoms with Crippen molar-refractivity contribution in [2.75, 3.05) is 19.6 Å². The minimum atomic E-state index is -0.471. The van der Waals surface area contributed by atoms with Gasteiger partial charge in [0.2, 0.25) is 0 Å². The van der Waals surface area contributed by atoms with Crippen molar-refractivity contribution in [1.29, 1.82) is 0 Å². The number of rotatable bonds is 8. The Balaban J connectivity index is 1.77. The molecule has 1 atom stereocenters. The van der Waals surface area contributed by atoms with E-state index in [2.05, 4.69) is 43.7 Å². The van der Waals surface area contributed by atoms with Crippen molar-refractivity contribution in [3.8, 4) is 0 Å². The van der Waals surface area contributed by atoms with E-state index >= 15 is 0 Å². The molecule has 0 amide bonds. The van der Waals surface area contributed by atoms with E-state index in [1.165, 1.54) is 4.88 Å². The maximum absolute atomic E-state index is 10.2. The van der Waals surface area contributed by atoms with Crippen molar-refractivity contribution in [3.05, 3.63) is 56.7 Å². The predicted octanol–water partition coefficient (Wildman–Crippen LogP) is 3.73. The second kappa shape index (κ2) is 10.5. The first-order valence-corrected chi connectivity index (χ1v) is 9.79. The third-order valence-corrected chi connectivity index (χ3v) is 5.18. The van der Waals surface area contributed by atoms with Gasteiger partial charge in [0.15, 0.2) is 5.96 Å². The predicted molar refractivity (Wildman–Crippen MR) is 106 cm³/mol. The lowest BCUT2D eigenvalue weighted by Crippen LogP contribution is -2.38. The second-order valence-electron chi connectivity index (χ2n) is 5.36. The number of aliphatic hydroxyl groups is 1. The molecule has 0 fully saturated rings. The molecule has 1 aromatic heterocycles. The van der Waals surface area contributed by atoms with E-state index in [1.54, 1.807) is 11.3 Å². The van der Waals surface area contributed by atoms with Crippen LogP contribution in [0.15, 0.2) is 51.2 Å². The van der Waals surface area contributed by atoms with Crippen molar-refractivity contribution < 1.29 is 5.11 Å². The number of nitrogens with zero attached hydrogens (tertiary/aromatic N) is 1. The van der Waals surface area contributed by atoms with Crippen molar-refractivity contribution >= 4 is 33.2 Å². The van der Waals surface area contributed by atoms with Crippen molar-refractivity contribution in [1.82, 2.24) is 10.6 Å². The second-order valence-corrected chi connectivity index (χ2v) is 7.91. The summed E-state index contributed by atoms with van der Waals surface area (Å²) >= 11 is 5.24. The van der Waals surface area contributed by atoms with Crippen LogP contribution in [-0.4, -0.2) is 30.7 Å². The molecule has 0 aliphatic carbocycles. The first-order valence-electron chi connectivity index (χ1n) is 8.18. The molecular formula is C18H24BrN3OS. The highest BCUT2D eigenvalue weighted by Crippen LogP contribution is 2.22. The Hall–Kier alpha value is -1.37. The molecule has 0 aliphatic heterocycles. The van der Waals surface area contributed by atoms with Gasteiger partial charge in [-0.3, -0.25) is 4.99 Å². The summed E-state index contributed by atoms with van der Waals surface area (Å²) in [6.45, 7) is 4.28. The van der Waals surface area contributed by atoms with Crippen LogP contribution in [-0.2, 0) is 6.42 Å². The zero-order chi connectivity index (χ0) is 17.2. The Bertz CT molecular complexity index is 630. The molecule has 0 saturated heterocycles. The molecule has 24 heavy (non-hydrogen) atoms. The van der Waals surface area contributed by atoms with Crippen molar-refractivity contribution in [3.63, 3.8) is 0 Å². The standard InChI is InChI=1S/C18H24BrN3OS/c1-2-20-18(21-12-10-15-8-9-17(19)24-15)22-13-11-16(23)14-6-4-3-5-7-14/h3-9,16,23H,2,10-13H2,1H3,(H2,20,21,22). The zero-order valence-electron chi connectivity index (χ0n) is 13.8. The zero-order valence-corrected chi connectivity index (χ0v) is 16.2. The number of hydrogen-bond donors (Lipinski definition) is 3. The molecule has 0 saturated carbocycles. The highest BCUT2D eigenvalue weighted by atomic mass is 79.9. The molecule has 0 bridgehead atoms. The van der Waals surface area contributed by atoms with Gasteiger partial charge in [-0.2, -0.15) is 0 Å². The van der Waals surface area contributed by atoms with Crippen LogP contribution in [0.2, 0.25) is 0 Å². The Morgan fingerprint density at radius 3 is 2.67 bits per heavy atom. The van der Waals surface area contributed by atoms with Crippen LogP contribution in [0.25, 0.3) is 0 Å². The van der Waals surface area contributed by atoms with Crippen LogP contribution < -0.4 is 10.6 Å². The molecule has 130 valence electrons. The quantitative estimate of drug-likeness (QED) is 0.459. The molecule has 4 nitrogen and oxygen atoms in total. The minimum absolute atomic E-state index is 0.471. The molecule has 0 aliphatic rings. The normalized spacial score (nSPS) is 12.9. The lowest BCUT2D eigenvalue weighted by Gasteiger charge is -2.12. The van der Waals surface area contributed by atoms with Gasteiger partial charge in [0.05, 0.1) is 9.89 Å². The van der Waals surface area contributed by atoms with Crippen LogP contribution in [0, 0.1) is 0 Å². The smallest absolute Gasteiger partial charge is 0.191 e. The minimum Gasteiger partial charge on any atom is -0.388 e. The largest absolute Gasteiger partial charge is 0.388 e. The van der Waals surface area contributed by atoms with E-state index in [0.29, 0.717) is 13.0 Å². The first kappa shape index (κ1) is 19.0. The summed E-state index contributed by atoms with van der Waals surface area (Å²) in [7, 11) is 0. The van der Waals surface area contributed by atoms with Crippen LogP contribution in [0.3, 0.4) is 0 Å². The lowest BCUT2D eigenvalue weighted by molar-refractivity contribution is 0.170. The SMILES string of the molecule is CCNC(=NCCC(O)c1ccccc1)NCCc1ccc(Br)s1. The molecule has 0 spiro atoms. The summed E-state index contributed by atoms with van der Waals surface area (Å²) in [4.78, 5) is 5.88. The summed E-state index contributed by atoms with van der Waals surface area (Å²) < 4.78 is 1.16. The van der Waals surface area contributed by atoms with E-state index in [1.807, 2.05) is 37.3 Å². The van der Waals surface area contributed by atoms with Gasteiger partial charge >= 0.3 is 0 Å². The highest BCUT2D eigenvalue weighted by Gasteiger charge is 2.06. The molecule has 1 aromatic carbocycles. The van der Waals surface area contributed by atoms with Crippen LogP contribution >= 0.6 is 27.3 Å². The molecule has 0 radical (unpaired) electrons. The fraction of sp³-hybridized carbons (Fsp3) is 0.389. The van der Waals surface area contributed by atoms with Gasteiger partial charge < -0.3 is 15.7 Å². The van der Waals surface area contributed by atoms with Crippen molar-refractivity contribution in [2.24, 2.45) is 4.99 Å². The summed E-state index contributed by atoms with van der Waals surface area (Å²) in [6, 6.07) is 13.9. The lowest BCUT2D eigenvalue weighted by atomic mass is 10.1. The monoisotopic (exact) mass is 409 g/mol. The molecular weight excluding hydrogens is 386 g/mol. The first-order chi connectivity index (χ1) is 11.7. The van der Waals surface area contributed by atoms with E-state index in [9.17, 15) is 5.11 Å². The Morgan fingerprint density at radius 2 is 2.00 bits per heavy atom. The maximum Gasteiger partial charge on any atom is 0.191 e. The fourth-order valence-corrected chi connectivity index (χ4v) is 3.76. The maximum atomic E-state index is 10.2.